The lowest BCUT2D eigenvalue weighted by Crippen LogP contribution is -2.55. The zero-order valence-electron chi connectivity index (χ0n) is 17.1. The Morgan fingerprint density at radius 2 is 1.73 bits per heavy atom. The Morgan fingerprint density at radius 1 is 1.12 bits per heavy atom. The maximum Gasteiger partial charge on any atom is 0.305 e. The summed E-state index contributed by atoms with van der Waals surface area (Å²) in [4.78, 5) is 38.2. The number of methoxy groups -OCH3 is 1. The zero-order valence-corrected chi connectivity index (χ0v) is 17.1. The third kappa shape index (κ3) is 7.34. The highest BCUT2D eigenvalue weighted by molar-refractivity contribution is 5.88. The summed E-state index contributed by atoms with van der Waals surface area (Å²) in [6, 6.07) is -0.242. The van der Waals surface area contributed by atoms with Gasteiger partial charge in [0.2, 0.25) is 11.8 Å². The SMILES string of the molecule is COC(=O)CCCCCCC(=O)NC(C(=O)N1CCCC1C)C(C)(C)C. The number of nitrogens with one attached hydrogen (secondary N) is 1. The smallest absolute Gasteiger partial charge is 0.305 e. The molecule has 0 spiro atoms. The van der Waals surface area contributed by atoms with Gasteiger partial charge in [0.05, 0.1) is 7.11 Å². The Bertz CT molecular complexity index is 485. The molecule has 0 aromatic heterocycles. The number of rotatable bonds is 9. The predicted octanol–water partition coefficient (Wildman–Crippen LogP) is 3.04. The van der Waals surface area contributed by atoms with Crippen LogP contribution in [0.1, 0.15) is 79.1 Å². The van der Waals surface area contributed by atoms with Crippen molar-refractivity contribution >= 4 is 17.8 Å². The van der Waals surface area contributed by atoms with Gasteiger partial charge in [0.25, 0.3) is 0 Å². The number of likely N-dealkylation sites (tertiary alicyclic amines) is 1. The summed E-state index contributed by atoms with van der Waals surface area (Å²) < 4.78 is 4.60. The fourth-order valence-electron chi connectivity index (χ4n) is 3.32. The van der Waals surface area contributed by atoms with Crippen LogP contribution in [0, 0.1) is 5.41 Å². The van der Waals surface area contributed by atoms with E-state index in [4.69, 9.17) is 0 Å². The van der Waals surface area contributed by atoms with Crippen LogP contribution in [-0.4, -0.2) is 48.4 Å². The van der Waals surface area contributed by atoms with Crippen molar-refractivity contribution in [1.82, 2.24) is 10.2 Å². The van der Waals surface area contributed by atoms with Crippen molar-refractivity contribution in [2.45, 2.75) is 91.1 Å². The van der Waals surface area contributed by atoms with Crippen LogP contribution in [0.5, 0.6) is 0 Å². The Kier molecular flexibility index (Phi) is 9.09. The van der Waals surface area contributed by atoms with Crippen LogP contribution in [0.4, 0.5) is 0 Å². The lowest BCUT2D eigenvalue weighted by atomic mass is 9.85. The molecular formula is C20H36N2O4. The Balaban J connectivity index is 2.42. The lowest BCUT2D eigenvalue weighted by Gasteiger charge is -2.35. The molecule has 1 fully saturated rings. The zero-order chi connectivity index (χ0) is 19.7. The molecule has 1 N–H and O–H groups in total. The first-order valence-electron chi connectivity index (χ1n) is 9.83. The summed E-state index contributed by atoms with van der Waals surface area (Å²) in [6.07, 6.45) is 6.23. The topological polar surface area (TPSA) is 75.7 Å². The number of unbranched alkanes of at least 4 members (excludes halogenated alkanes) is 3. The highest BCUT2D eigenvalue weighted by atomic mass is 16.5. The number of amides is 2. The molecule has 1 rings (SSSR count). The molecule has 6 heteroatoms. The van der Waals surface area contributed by atoms with Crippen LogP contribution in [0.2, 0.25) is 0 Å². The van der Waals surface area contributed by atoms with E-state index in [1.54, 1.807) is 0 Å². The van der Waals surface area contributed by atoms with Gasteiger partial charge in [-0.2, -0.15) is 0 Å². The number of hydrogen-bond donors (Lipinski definition) is 1. The van der Waals surface area contributed by atoms with E-state index in [0.717, 1.165) is 45.1 Å². The maximum absolute atomic E-state index is 12.9. The first-order valence-corrected chi connectivity index (χ1v) is 9.83. The van der Waals surface area contributed by atoms with E-state index in [2.05, 4.69) is 17.0 Å². The van der Waals surface area contributed by atoms with Crippen molar-refractivity contribution < 1.29 is 19.1 Å². The molecule has 2 amide bonds. The molecule has 0 radical (unpaired) electrons. The first kappa shape index (κ1) is 22.5. The summed E-state index contributed by atoms with van der Waals surface area (Å²) in [7, 11) is 1.39. The van der Waals surface area contributed by atoms with Gasteiger partial charge in [0.15, 0.2) is 0 Å². The van der Waals surface area contributed by atoms with Crippen molar-refractivity contribution in [3.05, 3.63) is 0 Å². The predicted molar refractivity (Wildman–Crippen MR) is 102 cm³/mol. The minimum atomic E-state index is -0.491. The Hall–Kier alpha value is -1.59. The fourth-order valence-corrected chi connectivity index (χ4v) is 3.32. The van der Waals surface area contributed by atoms with Crippen LogP contribution in [0.15, 0.2) is 0 Å². The number of esters is 1. The average Bonchev–Trinajstić information content (AvgIpc) is 2.99. The van der Waals surface area contributed by atoms with Crippen molar-refractivity contribution in [2.75, 3.05) is 13.7 Å². The second-order valence-electron chi connectivity index (χ2n) is 8.38. The van der Waals surface area contributed by atoms with Gasteiger partial charge in [-0.3, -0.25) is 14.4 Å². The molecule has 2 unspecified atom stereocenters. The van der Waals surface area contributed by atoms with Gasteiger partial charge in [-0.15, -0.1) is 0 Å². The molecule has 1 aliphatic rings. The average molecular weight is 369 g/mol. The van der Waals surface area contributed by atoms with Crippen LogP contribution >= 0.6 is 0 Å². The van der Waals surface area contributed by atoms with Gasteiger partial charge >= 0.3 is 5.97 Å². The largest absolute Gasteiger partial charge is 0.469 e. The van der Waals surface area contributed by atoms with Crippen LogP contribution in [0.3, 0.4) is 0 Å². The molecule has 1 heterocycles. The van der Waals surface area contributed by atoms with Gasteiger partial charge in [-0.1, -0.05) is 33.6 Å². The third-order valence-corrected chi connectivity index (χ3v) is 5.02. The van der Waals surface area contributed by atoms with Crippen molar-refractivity contribution in [1.29, 1.82) is 0 Å². The number of nitrogens with zero attached hydrogens (tertiary/aromatic N) is 1. The van der Waals surface area contributed by atoms with Gasteiger partial charge < -0.3 is 15.0 Å². The summed E-state index contributed by atoms with van der Waals surface area (Å²) >= 11 is 0. The summed E-state index contributed by atoms with van der Waals surface area (Å²) in [5.74, 6) is -0.225. The van der Waals surface area contributed by atoms with Crippen molar-refractivity contribution in [3.8, 4) is 0 Å². The molecule has 0 bridgehead atoms. The van der Waals surface area contributed by atoms with Gasteiger partial charge in [0, 0.05) is 25.4 Å². The van der Waals surface area contributed by atoms with E-state index < -0.39 is 6.04 Å². The number of carbonyl (C=O) groups excluding carboxylic acids is 3. The summed E-state index contributed by atoms with van der Waals surface area (Å²) in [5, 5.41) is 2.97. The maximum atomic E-state index is 12.9. The molecule has 1 aliphatic heterocycles. The van der Waals surface area contributed by atoms with Gasteiger partial charge in [-0.25, -0.2) is 0 Å². The van der Waals surface area contributed by atoms with Crippen LogP contribution < -0.4 is 5.32 Å². The molecule has 0 saturated carbocycles. The summed E-state index contributed by atoms with van der Waals surface area (Å²) in [6.45, 7) is 8.82. The van der Waals surface area contributed by atoms with E-state index >= 15 is 0 Å². The van der Waals surface area contributed by atoms with Crippen molar-refractivity contribution in [2.24, 2.45) is 5.41 Å². The Labute approximate surface area is 158 Å². The molecule has 26 heavy (non-hydrogen) atoms. The monoisotopic (exact) mass is 368 g/mol. The van der Waals surface area contributed by atoms with Crippen LogP contribution in [-0.2, 0) is 19.1 Å². The minimum absolute atomic E-state index is 0.0360. The number of hydrogen-bond acceptors (Lipinski definition) is 4. The van der Waals surface area contributed by atoms with E-state index in [9.17, 15) is 14.4 Å². The van der Waals surface area contributed by atoms with Crippen LogP contribution in [0.25, 0.3) is 0 Å². The lowest BCUT2D eigenvalue weighted by molar-refractivity contribution is -0.140. The molecule has 1 saturated heterocycles. The number of ether oxygens (including phenoxy) is 1. The van der Waals surface area contributed by atoms with Gasteiger partial charge in [0.1, 0.15) is 6.04 Å². The molecular weight excluding hydrogens is 332 g/mol. The second kappa shape index (κ2) is 10.5. The third-order valence-electron chi connectivity index (χ3n) is 5.02. The standard InChI is InChI=1S/C20H36N2O4/c1-15-11-10-14-22(15)19(25)18(20(2,3)4)21-16(23)12-8-6-7-9-13-17(24)26-5/h15,18H,6-14H2,1-5H3,(H,21,23). The molecule has 2 atom stereocenters. The fraction of sp³-hybridized carbons (Fsp3) is 0.850. The number of carbonyl (C=O) groups is 3. The molecule has 6 nitrogen and oxygen atoms in total. The summed E-state index contributed by atoms with van der Waals surface area (Å²) in [5.41, 5.74) is -0.324. The normalized spacial score (nSPS) is 18.5. The second-order valence-corrected chi connectivity index (χ2v) is 8.38. The van der Waals surface area contributed by atoms with E-state index in [-0.39, 0.29) is 29.2 Å². The minimum Gasteiger partial charge on any atom is -0.469 e. The first-order chi connectivity index (χ1) is 12.2. The quantitative estimate of drug-likeness (QED) is 0.501. The molecule has 0 aromatic carbocycles. The molecule has 0 aliphatic carbocycles. The highest BCUT2D eigenvalue weighted by Crippen LogP contribution is 2.25. The van der Waals surface area contributed by atoms with Gasteiger partial charge in [-0.05, 0) is 38.0 Å². The molecule has 0 aromatic rings. The van der Waals surface area contributed by atoms with E-state index in [1.807, 2.05) is 25.7 Å². The van der Waals surface area contributed by atoms with Crippen molar-refractivity contribution in [3.63, 3.8) is 0 Å². The highest BCUT2D eigenvalue weighted by Gasteiger charge is 2.38. The Morgan fingerprint density at radius 3 is 2.23 bits per heavy atom. The molecule has 150 valence electrons. The van der Waals surface area contributed by atoms with E-state index in [0.29, 0.717) is 12.8 Å². The van der Waals surface area contributed by atoms with E-state index in [1.165, 1.54) is 7.11 Å².